The first-order valence-corrected chi connectivity index (χ1v) is 19.6. The average Bonchev–Trinajstić information content (AvgIpc) is 3.16. The first-order chi connectivity index (χ1) is 25.1. The molecule has 0 radical (unpaired) electrons. The number of unbranched alkanes of at least 4 members (excludes halogenated alkanes) is 10. The fraction of sp³-hybridized carbons (Fsp3) is 0.444. The Labute approximate surface area is 304 Å². The topological polar surface area (TPSA) is 77.4 Å². The van der Waals surface area contributed by atoms with Crippen LogP contribution in [0.1, 0.15) is 111 Å². The highest BCUT2D eigenvalue weighted by atomic mass is 16.5. The standard InChI is InChI=1S/C45H55N3O3/c1-4-7-9-10-11-12-13-14-15-16-29-50-45-47-43(38-27-24-35-22-21-33-19-17-20-34-23-26-37(38)42(35)41(33)34)46-44(48-45)39-28-25-36(30-40(39)49)51-31-32(6-3)18-8-5-2/h17,19-28,30,32,49H,4-16,18,29,31H2,1-3H3. The van der Waals surface area contributed by atoms with Gasteiger partial charge in [0, 0.05) is 11.6 Å². The summed E-state index contributed by atoms with van der Waals surface area (Å²) in [7, 11) is 0. The molecular formula is C45H55N3O3. The number of aromatic nitrogens is 3. The molecule has 0 fully saturated rings. The van der Waals surface area contributed by atoms with Crippen LogP contribution in [0.2, 0.25) is 0 Å². The van der Waals surface area contributed by atoms with Crippen molar-refractivity contribution >= 4 is 32.3 Å². The van der Waals surface area contributed by atoms with Crippen LogP contribution in [0.4, 0.5) is 0 Å². The molecule has 0 aliphatic rings. The van der Waals surface area contributed by atoms with Crippen LogP contribution in [0.25, 0.3) is 55.1 Å². The van der Waals surface area contributed by atoms with Crippen LogP contribution in [-0.4, -0.2) is 33.3 Å². The molecule has 6 nitrogen and oxygen atoms in total. The van der Waals surface area contributed by atoms with Gasteiger partial charge in [0.1, 0.15) is 11.5 Å². The highest BCUT2D eigenvalue weighted by molar-refractivity contribution is 6.25. The third kappa shape index (κ3) is 9.08. The fourth-order valence-electron chi connectivity index (χ4n) is 7.25. The second kappa shape index (κ2) is 18.2. The van der Waals surface area contributed by atoms with Crippen molar-refractivity contribution in [1.29, 1.82) is 0 Å². The molecule has 0 aliphatic heterocycles. The number of phenols is 1. The third-order valence-corrected chi connectivity index (χ3v) is 10.4. The molecule has 1 aromatic heterocycles. The lowest BCUT2D eigenvalue weighted by atomic mass is 9.92. The molecule has 1 N–H and O–H groups in total. The summed E-state index contributed by atoms with van der Waals surface area (Å²) in [5.74, 6) is 2.12. The molecule has 0 saturated heterocycles. The Morgan fingerprint density at radius 1 is 0.588 bits per heavy atom. The Kier molecular flexibility index (Phi) is 12.9. The quantitative estimate of drug-likeness (QED) is 0.0600. The van der Waals surface area contributed by atoms with E-state index in [1.54, 1.807) is 6.07 Å². The minimum Gasteiger partial charge on any atom is -0.507 e. The van der Waals surface area contributed by atoms with Crippen molar-refractivity contribution in [1.82, 2.24) is 15.0 Å². The maximum atomic E-state index is 11.3. The van der Waals surface area contributed by atoms with Crippen molar-refractivity contribution in [3.8, 4) is 40.3 Å². The maximum absolute atomic E-state index is 11.3. The van der Waals surface area contributed by atoms with Crippen molar-refractivity contribution in [2.24, 2.45) is 5.92 Å². The van der Waals surface area contributed by atoms with Crippen molar-refractivity contribution in [3.63, 3.8) is 0 Å². The van der Waals surface area contributed by atoms with Gasteiger partial charge in [-0.15, -0.1) is 0 Å². The van der Waals surface area contributed by atoms with E-state index in [1.165, 1.54) is 91.1 Å². The number of hydrogen-bond acceptors (Lipinski definition) is 6. The summed E-state index contributed by atoms with van der Waals surface area (Å²) < 4.78 is 12.4. The summed E-state index contributed by atoms with van der Waals surface area (Å²) in [6.07, 6.45) is 17.2. The van der Waals surface area contributed by atoms with E-state index < -0.39 is 0 Å². The molecule has 268 valence electrons. The van der Waals surface area contributed by atoms with Crippen LogP contribution >= 0.6 is 0 Å². The Balaban J connectivity index is 1.25. The van der Waals surface area contributed by atoms with Crippen molar-refractivity contribution in [2.75, 3.05) is 13.2 Å². The predicted octanol–water partition coefficient (Wildman–Crippen LogP) is 12.7. The zero-order valence-corrected chi connectivity index (χ0v) is 30.9. The fourth-order valence-corrected chi connectivity index (χ4v) is 7.25. The summed E-state index contributed by atoms with van der Waals surface area (Å²) >= 11 is 0. The van der Waals surface area contributed by atoms with Crippen LogP contribution in [0.15, 0.2) is 72.8 Å². The highest BCUT2D eigenvalue weighted by Crippen LogP contribution is 2.39. The zero-order valence-electron chi connectivity index (χ0n) is 30.9. The lowest BCUT2D eigenvalue weighted by molar-refractivity contribution is 0.232. The number of ether oxygens (including phenoxy) is 2. The van der Waals surface area contributed by atoms with E-state index in [0.29, 0.717) is 42.1 Å². The van der Waals surface area contributed by atoms with Gasteiger partial charge in [-0.25, -0.2) is 4.98 Å². The van der Waals surface area contributed by atoms with Gasteiger partial charge >= 0.3 is 6.01 Å². The summed E-state index contributed by atoms with van der Waals surface area (Å²) in [6.45, 7) is 7.86. The minimum absolute atomic E-state index is 0.0716. The Hall–Kier alpha value is -4.45. The SMILES string of the molecule is CCCCCCCCCCCCOc1nc(-c2ccc(OCC(CC)CCCC)cc2O)nc(-c2ccc3ccc4cccc5ccc2c3c45)n1. The van der Waals surface area contributed by atoms with Gasteiger partial charge in [0.25, 0.3) is 0 Å². The molecule has 0 aliphatic carbocycles. The van der Waals surface area contributed by atoms with Gasteiger partial charge in [-0.05, 0) is 69.3 Å². The Morgan fingerprint density at radius 3 is 1.88 bits per heavy atom. The van der Waals surface area contributed by atoms with Gasteiger partial charge in [-0.1, -0.05) is 146 Å². The van der Waals surface area contributed by atoms with E-state index >= 15 is 0 Å². The van der Waals surface area contributed by atoms with Crippen molar-refractivity contribution in [2.45, 2.75) is 111 Å². The summed E-state index contributed by atoms with van der Waals surface area (Å²) in [5, 5.41) is 18.4. The zero-order chi connectivity index (χ0) is 35.4. The number of aromatic hydroxyl groups is 1. The lowest BCUT2D eigenvalue weighted by Gasteiger charge is -2.16. The molecule has 51 heavy (non-hydrogen) atoms. The van der Waals surface area contributed by atoms with Crippen molar-refractivity contribution < 1.29 is 14.6 Å². The van der Waals surface area contributed by atoms with E-state index in [0.717, 1.165) is 36.6 Å². The van der Waals surface area contributed by atoms with E-state index in [1.807, 2.05) is 12.1 Å². The number of hydrogen-bond donors (Lipinski definition) is 1. The monoisotopic (exact) mass is 685 g/mol. The van der Waals surface area contributed by atoms with Gasteiger partial charge in [0.05, 0.1) is 18.8 Å². The molecule has 6 aromatic rings. The second-order valence-electron chi connectivity index (χ2n) is 14.2. The van der Waals surface area contributed by atoms with E-state index in [2.05, 4.69) is 75.4 Å². The van der Waals surface area contributed by atoms with Gasteiger partial charge in [-0.3, -0.25) is 0 Å². The molecule has 5 aromatic carbocycles. The van der Waals surface area contributed by atoms with Gasteiger partial charge in [0.2, 0.25) is 0 Å². The van der Waals surface area contributed by atoms with Gasteiger partial charge in [0.15, 0.2) is 11.6 Å². The molecule has 6 heteroatoms. The van der Waals surface area contributed by atoms with E-state index in [-0.39, 0.29) is 11.8 Å². The maximum Gasteiger partial charge on any atom is 0.320 e. The van der Waals surface area contributed by atoms with E-state index in [9.17, 15) is 5.11 Å². The number of nitrogens with zero attached hydrogens (tertiary/aromatic N) is 3. The molecule has 6 rings (SSSR count). The molecule has 1 heterocycles. The van der Waals surface area contributed by atoms with E-state index in [4.69, 9.17) is 24.4 Å². The summed E-state index contributed by atoms with van der Waals surface area (Å²) in [4.78, 5) is 14.6. The van der Waals surface area contributed by atoms with Crippen molar-refractivity contribution in [3.05, 3.63) is 72.8 Å². The summed E-state index contributed by atoms with van der Waals surface area (Å²) in [5.41, 5.74) is 1.43. The molecule has 0 saturated carbocycles. The van der Waals surface area contributed by atoms with Crippen LogP contribution < -0.4 is 9.47 Å². The molecule has 0 bridgehead atoms. The minimum atomic E-state index is 0.0716. The van der Waals surface area contributed by atoms with Crippen LogP contribution in [0, 0.1) is 5.92 Å². The number of benzene rings is 5. The summed E-state index contributed by atoms with van der Waals surface area (Å²) in [6, 6.07) is 25.1. The first-order valence-electron chi connectivity index (χ1n) is 19.6. The predicted molar refractivity (Wildman–Crippen MR) is 212 cm³/mol. The smallest absolute Gasteiger partial charge is 0.320 e. The lowest BCUT2D eigenvalue weighted by Crippen LogP contribution is -2.11. The Morgan fingerprint density at radius 2 is 1.20 bits per heavy atom. The molecule has 1 unspecified atom stereocenters. The number of rotatable bonds is 21. The normalized spacial score (nSPS) is 12.3. The first kappa shape index (κ1) is 36.3. The Bertz CT molecular complexity index is 1970. The molecular weight excluding hydrogens is 631 g/mol. The molecule has 0 amide bonds. The number of phenolic OH excluding ortho intramolecular Hbond substituents is 1. The molecule has 0 spiro atoms. The largest absolute Gasteiger partial charge is 0.507 e. The van der Waals surface area contributed by atoms with Crippen LogP contribution in [0.3, 0.4) is 0 Å². The highest BCUT2D eigenvalue weighted by Gasteiger charge is 2.19. The second-order valence-corrected chi connectivity index (χ2v) is 14.2. The molecule has 1 atom stereocenters. The average molecular weight is 686 g/mol. The van der Waals surface area contributed by atoms with Crippen LogP contribution in [-0.2, 0) is 0 Å². The third-order valence-electron chi connectivity index (χ3n) is 10.4. The van der Waals surface area contributed by atoms with Crippen LogP contribution in [0.5, 0.6) is 17.5 Å². The van der Waals surface area contributed by atoms with Gasteiger partial charge < -0.3 is 14.6 Å². The van der Waals surface area contributed by atoms with Gasteiger partial charge in [-0.2, -0.15) is 9.97 Å².